The number of quaternary nitrogens is 1. The molecule has 0 spiro atoms. The molecular formula is C20H36N2O2S. The molecule has 0 amide bonds. The molecular weight excluding hydrogens is 332 g/mol. The number of carbonyl (C=O) groups excluding carboxylic acids is 1. The van der Waals surface area contributed by atoms with Gasteiger partial charge in [-0.1, -0.05) is 57.3 Å². The summed E-state index contributed by atoms with van der Waals surface area (Å²) in [6.45, 7) is 8.13. The average molecular weight is 369 g/mol. The number of isothiocyanates is 1. The molecule has 0 aliphatic carbocycles. The van der Waals surface area contributed by atoms with E-state index < -0.39 is 0 Å². The topological polar surface area (TPSA) is 48.6 Å². The smallest absolute Gasteiger partial charge is 0.330 e. The molecule has 1 aliphatic rings. The third kappa shape index (κ3) is 15.0. The Morgan fingerprint density at radius 3 is 2.00 bits per heavy atom. The molecule has 5 heteroatoms. The molecule has 0 bridgehead atoms. The Labute approximate surface area is 159 Å². The molecule has 0 saturated carbocycles. The van der Waals surface area contributed by atoms with E-state index in [4.69, 9.17) is 10.1 Å². The summed E-state index contributed by atoms with van der Waals surface area (Å²) in [5.41, 5.74) is 0. The van der Waals surface area contributed by atoms with E-state index in [1.807, 2.05) is 0 Å². The number of likely N-dealkylation sites (tertiary alicyclic amines) is 1. The summed E-state index contributed by atoms with van der Waals surface area (Å²) >= 11 is 3.70. The summed E-state index contributed by atoms with van der Waals surface area (Å²) in [7, 11) is 2.43. The molecule has 1 fully saturated rings. The molecule has 0 aromatic heterocycles. The Hall–Kier alpha value is -1.03. The van der Waals surface area contributed by atoms with Crippen LogP contribution in [-0.4, -0.2) is 48.9 Å². The lowest BCUT2D eigenvalue weighted by Gasteiger charge is -2.29. The summed E-state index contributed by atoms with van der Waals surface area (Å²) in [4.78, 5) is 10.8. The maximum atomic E-state index is 10.8. The minimum Gasteiger partial charge on any atom is -0.753 e. The highest BCUT2D eigenvalue weighted by Crippen LogP contribution is 2.18. The van der Waals surface area contributed by atoms with Gasteiger partial charge in [-0.2, -0.15) is 5.16 Å². The minimum absolute atomic E-state index is 0.301. The Balaban J connectivity index is 0.00000178. The van der Waals surface area contributed by atoms with Crippen LogP contribution in [0.1, 0.15) is 70.6 Å². The van der Waals surface area contributed by atoms with E-state index in [1.54, 1.807) is 0 Å². The number of carbonyl (C=O) groups is 1. The van der Waals surface area contributed by atoms with Crippen LogP contribution in [0.3, 0.4) is 0 Å². The van der Waals surface area contributed by atoms with Gasteiger partial charge in [0.1, 0.15) is 0 Å². The zero-order chi connectivity index (χ0) is 18.8. The Morgan fingerprint density at radius 1 is 1.08 bits per heavy atom. The number of unbranched alkanes of at least 4 members (excludes halogenated alkanes) is 8. The van der Waals surface area contributed by atoms with Crippen molar-refractivity contribution < 1.29 is 14.0 Å². The lowest BCUT2D eigenvalue weighted by Crippen LogP contribution is -2.41. The van der Waals surface area contributed by atoms with Gasteiger partial charge in [0.05, 0.1) is 33.3 Å². The van der Waals surface area contributed by atoms with Crippen LogP contribution in [0.15, 0.2) is 12.7 Å². The number of thiocarbonyl (C=S) groups is 1. The van der Waals surface area contributed by atoms with E-state index in [1.165, 1.54) is 99.6 Å². The summed E-state index contributed by atoms with van der Waals surface area (Å²) in [6.07, 6.45) is 15.8. The van der Waals surface area contributed by atoms with E-state index in [0.717, 1.165) is 6.42 Å². The molecule has 25 heavy (non-hydrogen) atoms. The largest absolute Gasteiger partial charge is 0.753 e. The molecule has 4 nitrogen and oxygen atoms in total. The predicted octanol–water partition coefficient (Wildman–Crippen LogP) is 5.13. The van der Waals surface area contributed by atoms with Gasteiger partial charge < -0.3 is 14.6 Å². The van der Waals surface area contributed by atoms with Crippen LogP contribution in [0.5, 0.6) is 0 Å². The normalized spacial score (nSPS) is 14.9. The fourth-order valence-corrected chi connectivity index (χ4v) is 3.39. The highest BCUT2D eigenvalue weighted by molar-refractivity contribution is 7.78. The molecule has 0 unspecified atom stereocenters. The van der Waals surface area contributed by atoms with E-state index in [0.29, 0.717) is 6.61 Å². The summed E-state index contributed by atoms with van der Waals surface area (Å²) in [5.74, 6) is -0.301. The third-order valence-corrected chi connectivity index (χ3v) is 4.90. The van der Waals surface area contributed by atoms with Crippen molar-refractivity contribution in [2.45, 2.75) is 70.6 Å². The summed E-state index contributed by atoms with van der Waals surface area (Å²) in [6, 6.07) is 0. The molecule has 0 radical (unpaired) electrons. The van der Waals surface area contributed by atoms with Crippen molar-refractivity contribution >= 4 is 23.3 Å². The van der Waals surface area contributed by atoms with Gasteiger partial charge in [0.25, 0.3) is 0 Å². The molecule has 1 aliphatic heterocycles. The van der Waals surface area contributed by atoms with E-state index in [9.17, 15) is 4.79 Å². The standard InChI is InChI=1S/C19H36NO2.CNS/c1-3-19(21)22-18-14-10-8-6-4-5-7-9-11-15-20(2)16-12-13-17-20;2-1-3/h3H,1,4-18H2,2H3;/q+1;-1. The zero-order valence-electron chi connectivity index (χ0n) is 16.0. The van der Waals surface area contributed by atoms with Crippen LogP contribution in [0.2, 0.25) is 0 Å². The first kappa shape index (κ1) is 24.0. The molecule has 0 aromatic rings. The van der Waals surface area contributed by atoms with E-state index in [2.05, 4.69) is 25.8 Å². The molecule has 1 saturated heterocycles. The van der Waals surface area contributed by atoms with Crippen molar-refractivity contribution in [2.24, 2.45) is 0 Å². The van der Waals surface area contributed by atoms with E-state index >= 15 is 0 Å². The Morgan fingerprint density at radius 2 is 1.52 bits per heavy atom. The highest BCUT2D eigenvalue weighted by atomic mass is 32.1. The molecule has 1 heterocycles. The van der Waals surface area contributed by atoms with E-state index in [-0.39, 0.29) is 5.97 Å². The molecule has 0 aromatic carbocycles. The monoisotopic (exact) mass is 368 g/mol. The lowest BCUT2D eigenvalue weighted by atomic mass is 10.1. The molecule has 0 atom stereocenters. The van der Waals surface area contributed by atoms with Crippen molar-refractivity contribution in [1.82, 2.24) is 0 Å². The molecule has 1 rings (SSSR count). The Kier molecular flexibility index (Phi) is 15.8. The number of nitrogens with zero attached hydrogens (tertiary/aromatic N) is 2. The average Bonchev–Trinajstić information content (AvgIpc) is 3.03. The fraction of sp³-hybridized carbons (Fsp3) is 0.800. The van der Waals surface area contributed by atoms with Crippen LogP contribution in [0.25, 0.3) is 5.41 Å². The molecule has 144 valence electrons. The lowest BCUT2D eigenvalue weighted by molar-refractivity contribution is -0.897. The van der Waals surface area contributed by atoms with Gasteiger partial charge in [-0.3, -0.25) is 0 Å². The minimum atomic E-state index is -0.301. The maximum absolute atomic E-state index is 10.8. The second kappa shape index (κ2) is 16.4. The van der Waals surface area contributed by atoms with Gasteiger partial charge in [0, 0.05) is 18.9 Å². The van der Waals surface area contributed by atoms with Crippen molar-refractivity contribution in [1.29, 1.82) is 0 Å². The van der Waals surface area contributed by atoms with Crippen LogP contribution < -0.4 is 0 Å². The van der Waals surface area contributed by atoms with Gasteiger partial charge >= 0.3 is 5.97 Å². The first-order valence-electron chi connectivity index (χ1n) is 9.72. The van der Waals surface area contributed by atoms with Crippen molar-refractivity contribution in [3.63, 3.8) is 0 Å². The number of rotatable bonds is 13. The second-order valence-electron chi connectivity index (χ2n) is 7.14. The second-order valence-corrected chi connectivity index (χ2v) is 7.32. The van der Waals surface area contributed by atoms with Crippen molar-refractivity contribution in [3.8, 4) is 0 Å². The van der Waals surface area contributed by atoms with Gasteiger partial charge in [-0.15, -0.1) is 0 Å². The maximum Gasteiger partial charge on any atom is 0.330 e. The summed E-state index contributed by atoms with van der Waals surface area (Å²) in [5, 5.41) is 8.47. The van der Waals surface area contributed by atoms with Gasteiger partial charge in [-0.25, -0.2) is 4.79 Å². The number of hydrogen-bond acceptors (Lipinski definition) is 3. The van der Waals surface area contributed by atoms with Crippen molar-refractivity contribution in [3.05, 3.63) is 18.1 Å². The SMILES string of the molecule is C=CC(=O)OCCCCCCCCCCC[N+]1(C)CCCC1.[N-]=C=S. The van der Waals surface area contributed by atoms with Crippen LogP contribution in [-0.2, 0) is 9.53 Å². The van der Waals surface area contributed by atoms with Gasteiger partial charge in [0.15, 0.2) is 0 Å². The van der Waals surface area contributed by atoms with Crippen LogP contribution in [0, 0.1) is 0 Å². The summed E-state index contributed by atoms with van der Waals surface area (Å²) < 4.78 is 6.28. The van der Waals surface area contributed by atoms with Crippen LogP contribution >= 0.6 is 12.2 Å². The van der Waals surface area contributed by atoms with Crippen molar-refractivity contribution in [2.75, 3.05) is 33.3 Å². The number of esters is 1. The number of hydrogen-bond donors (Lipinski definition) is 0. The Bertz CT molecular complexity index is 387. The fourth-order valence-electron chi connectivity index (χ4n) is 3.39. The highest BCUT2D eigenvalue weighted by Gasteiger charge is 2.25. The number of ether oxygens (including phenoxy) is 1. The quantitative estimate of drug-likeness (QED) is 0.113. The van der Waals surface area contributed by atoms with Crippen LogP contribution in [0.4, 0.5) is 0 Å². The predicted molar refractivity (Wildman–Crippen MR) is 109 cm³/mol. The van der Waals surface area contributed by atoms with Gasteiger partial charge in [0.2, 0.25) is 0 Å². The molecule has 0 N–H and O–H groups in total. The third-order valence-electron chi connectivity index (χ3n) is 4.90. The zero-order valence-corrected chi connectivity index (χ0v) is 16.8. The first-order valence-corrected chi connectivity index (χ1v) is 10.1. The first-order chi connectivity index (χ1) is 12.1. The van der Waals surface area contributed by atoms with Gasteiger partial charge in [-0.05, 0) is 19.3 Å².